The molecule has 2 heteroatoms. The molecule has 0 aliphatic heterocycles. The zero-order valence-electron chi connectivity index (χ0n) is 9.97. The van der Waals surface area contributed by atoms with Crippen LogP contribution in [0.25, 0.3) is 0 Å². The molecular formula is C13H23ClO. The van der Waals surface area contributed by atoms with Crippen LogP contribution >= 0.6 is 11.6 Å². The normalized spacial score (nSPS) is 36.4. The van der Waals surface area contributed by atoms with Gasteiger partial charge >= 0.3 is 0 Å². The van der Waals surface area contributed by atoms with Gasteiger partial charge in [0.25, 0.3) is 0 Å². The van der Waals surface area contributed by atoms with Gasteiger partial charge in [-0.3, -0.25) is 0 Å². The summed E-state index contributed by atoms with van der Waals surface area (Å²) in [7, 11) is 0. The van der Waals surface area contributed by atoms with Crippen LogP contribution in [0.1, 0.15) is 58.8 Å². The molecule has 0 aromatic carbocycles. The number of alkyl halides is 1. The number of rotatable bonds is 5. The van der Waals surface area contributed by atoms with Gasteiger partial charge < -0.3 is 4.74 Å². The van der Waals surface area contributed by atoms with Gasteiger partial charge in [0.05, 0.1) is 5.60 Å². The second-order valence-corrected chi connectivity index (χ2v) is 5.81. The largest absolute Gasteiger partial charge is 0.356 e. The number of ether oxygens (including phenoxy) is 1. The van der Waals surface area contributed by atoms with E-state index in [1.807, 2.05) is 0 Å². The van der Waals surface area contributed by atoms with Gasteiger partial charge in [-0.25, -0.2) is 0 Å². The van der Waals surface area contributed by atoms with E-state index in [4.69, 9.17) is 16.3 Å². The molecule has 2 bridgehead atoms. The van der Waals surface area contributed by atoms with Crippen molar-refractivity contribution in [3.05, 3.63) is 0 Å². The molecule has 2 saturated carbocycles. The number of hydrogen-bond donors (Lipinski definition) is 0. The van der Waals surface area contributed by atoms with Crippen molar-refractivity contribution < 1.29 is 4.74 Å². The number of halogens is 1. The van der Waals surface area contributed by atoms with E-state index >= 15 is 0 Å². The Labute approximate surface area is 98.5 Å². The molecule has 0 amide bonds. The fourth-order valence-electron chi connectivity index (χ4n) is 3.30. The number of hydrogen-bond acceptors (Lipinski definition) is 1. The van der Waals surface area contributed by atoms with E-state index in [1.165, 1.54) is 32.1 Å². The van der Waals surface area contributed by atoms with Gasteiger partial charge in [-0.15, -0.1) is 0 Å². The van der Waals surface area contributed by atoms with E-state index in [-0.39, 0.29) is 11.2 Å². The summed E-state index contributed by atoms with van der Waals surface area (Å²) in [5.74, 6) is 1.47. The summed E-state index contributed by atoms with van der Waals surface area (Å²) in [6, 6.07) is 0. The highest BCUT2D eigenvalue weighted by Crippen LogP contribution is 2.51. The fourth-order valence-corrected chi connectivity index (χ4v) is 3.84. The Balaban J connectivity index is 1.90. The third kappa shape index (κ3) is 2.34. The standard InChI is InChI=1S/C13H23ClO/c1-3-11(4-2)12(14)15-13-7-5-10(9-13)6-8-13/h10-12H,3-9H2,1-2H3. The second kappa shape index (κ2) is 4.63. The van der Waals surface area contributed by atoms with E-state index in [9.17, 15) is 0 Å². The van der Waals surface area contributed by atoms with Crippen LogP contribution in [0.15, 0.2) is 0 Å². The minimum Gasteiger partial charge on any atom is -0.356 e. The van der Waals surface area contributed by atoms with Crippen molar-refractivity contribution in [2.24, 2.45) is 11.8 Å². The molecule has 0 spiro atoms. The van der Waals surface area contributed by atoms with E-state index in [0.29, 0.717) is 5.92 Å². The topological polar surface area (TPSA) is 9.23 Å². The van der Waals surface area contributed by atoms with E-state index in [1.54, 1.807) is 0 Å². The number of fused-ring (bicyclic) bond motifs is 2. The smallest absolute Gasteiger partial charge is 0.134 e. The zero-order valence-corrected chi connectivity index (χ0v) is 10.7. The van der Waals surface area contributed by atoms with E-state index < -0.39 is 0 Å². The van der Waals surface area contributed by atoms with Crippen LogP contribution < -0.4 is 0 Å². The fraction of sp³-hybridized carbons (Fsp3) is 1.00. The van der Waals surface area contributed by atoms with Gasteiger partial charge in [0.2, 0.25) is 0 Å². The molecule has 1 unspecified atom stereocenters. The van der Waals surface area contributed by atoms with Crippen molar-refractivity contribution in [2.75, 3.05) is 0 Å². The summed E-state index contributed by atoms with van der Waals surface area (Å²) in [6.07, 6.45) is 8.77. The van der Waals surface area contributed by atoms with Crippen molar-refractivity contribution in [3.63, 3.8) is 0 Å². The lowest BCUT2D eigenvalue weighted by Crippen LogP contribution is -2.33. The summed E-state index contributed by atoms with van der Waals surface area (Å²) in [5.41, 5.74) is 0.122. The maximum atomic E-state index is 6.39. The summed E-state index contributed by atoms with van der Waals surface area (Å²) in [6.45, 7) is 4.41. The van der Waals surface area contributed by atoms with Crippen molar-refractivity contribution in [1.82, 2.24) is 0 Å². The van der Waals surface area contributed by atoms with Crippen molar-refractivity contribution >= 4 is 11.6 Å². The first-order valence-electron chi connectivity index (χ1n) is 6.51. The first-order valence-corrected chi connectivity index (χ1v) is 6.94. The van der Waals surface area contributed by atoms with Crippen molar-refractivity contribution in [3.8, 4) is 0 Å². The molecule has 1 nitrogen and oxygen atoms in total. The Bertz CT molecular complexity index is 205. The first kappa shape index (κ1) is 11.7. The summed E-state index contributed by atoms with van der Waals surface area (Å²) in [5, 5.41) is 0. The molecule has 1 atom stereocenters. The minimum atomic E-state index is -0.0585. The van der Waals surface area contributed by atoms with Crippen LogP contribution in [-0.4, -0.2) is 11.2 Å². The quantitative estimate of drug-likeness (QED) is 0.639. The Morgan fingerprint density at radius 1 is 1.27 bits per heavy atom. The lowest BCUT2D eigenvalue weighted by atomic mass is 9.96. The SMILES string of the molecule is CCC(CC)C(Cl)OC12CCC(CC1)C2. The molecule has 88 valence electrons. The molecule has 0 heterocycles. The van der Waals surface area contributed by atoms with Crippen LogP contribution in [-0.2, 0) is 4.74 Å². The van der Waals surface area contributed by atoms with E-state index in [2.05, 4.69) is 13.8 Å². The molecule has 2 fully saturated rings. The molecule has 15 heavy (non-hydrogen) atoms. The summed E-state index contributed by atoms with van der Waals surface area (Å²) >= 11 is 6.39. The maximum absolute atomic E-state index is 6.39. The molecule has 2 aliphatic carbocycles. The average Bonchev–Trinajstić information content (AvgIpc) is 2.78. The monoisotopic (exact) mass is 230 g/mol. The van der Waals surface area contributed by atoms with Crippen LogP contribution in [0.4, 0.5) is 0 Å². The lowest BCUT2D eigenvalue weighted by molar-refractivity contribution is -0.0749. The van der Waals surface area contributed by atoms with Crippen LogP contribution in [0.5, 0.6) is 0 Å². The van der Waals surface area contributed by atoms with Crippen molar-refractivity contribution in [2.45, 2.75) is 70.0 Å². The molecule has 0 aromatic heterocycles. The van der Waals surface area contributed by atoms with Gasteiger partial charge in [0.15, 0.2) is 0 Å². The van der Waals surface area contributed by atoms with Crippen LogP contribution in [0.3, 0.4) is 0 Å². The average molecular weight is 231 g/mol. The Kier molecular flexibility index (Phi) is 3.62. The van der Waals surface area contributed by atoms with Crippen molar-refractivity contribution in [1.29, 1.82) is 0 Å². The third-order valence-electron chi connectivity index (χ3n) is 4.46. The minimum absolute atomic E-state index is 0.0585. The third-order valence-corrected chi connectivity index (χ3v) is 4.90. The summed E-state index contributed by atoms with van der Waals surface area (Å²) < 4.78 is 6.20. The van der Waals surface area contributed by atoms with Crippen LogP contribution in [0, 0.1) is 11.8 Å². The van der Waals surface area contributed by atoms with Crippen LogP contribution in [0.2, 0.25) is 0 Å². The highest BCUT2D eigenvalue weighted by molar-refractivity contribution is 6.19. The predicted octanol–water partition coefficient (Wildman–Crippen LogP) is 4.34. The molecular weight excluding hydrogens is 208 g/mol. The van der Waals surface area contributed by atoms with Gasteiger partial charge in [-0.1, -0.05) is 25.4 Å². The second-order valence-electron chi connectivity index (χ2n) is 5.38. The Morgan fingerprint density at radius 3 is 2.27 bits per heavy atom. The Hall–Kier alpha value is 0.250. The van der Waals surface area contributed by atoms with Gasteiger partial charge in [0, 0.05) is 0 Å². The molecule has 2 aliphatic rings. The molecule has 0 radical (unpaired) electrons. The van der Waals surface area contributed by atoms with Gasteiger partial charge in [-0.05, 0) is 56.8 Å². The first-order chi connectivity index (χ1) is 7.19. The summed E-state index contributed by atoms with van der Waals surface area (Å²) in [4.78, 5) is 0. The molecule has 0 aromatic rings. The highest BCUT2D eigenvalue weighted by Gasteiger charge is 2.47. The molecule has 0 saturated heterocycles. The molecule has 0 N–H and O–H groups in total. The van der Waals surface area contributed by atoms with Gasteiger partial charge in [0.1, 0.15) is 5.56 Å². The predicted molar refractivity (Wildman–Crippen MR) is 64.1 cm³/mol. The zero-order chi connectivity index (χ0) is 10.9. The highest BCUT2D eigenvalue weighted by atomic mass is 35.5. The molecule has 2 rings (SSSR count). The lowest BCUT2D eigenvalue weighted by Gasteiger charge is -2.32. The maximum Gasteiger partial charge on any atom is 0.134 e. The van der Waals surface area contributed by atoms with E-state index in [0.717, 1.165) is 18.8 Å². The Morgan fingerprint density at radius 2 is 1.87 bits per heavy atom. The van der Waals surface area contributed by atoms with Gasteiger partial charge in [-0.2, -0.15) is 0 Å².